The van der Waals surface area contributed by atoms with Gasteiger partial charge < -0.3 is 20.1 Å². The van der Waals surface area contributed by atoms with Crippen LogP contribution < -0.4 is 5.73 Å². The Morgan fingerprint density at radius 1 is 1.20 bits per heavy atom. The van der Waals surface area contributed by atoms with Crippen LogP contribution in [0.2, 0.25) is 0 Å². The number of nitrogens with zero attached hydrogens (tertiary/aromatic N) is 1. The van der Waals surface area contributed by atoms with Crippen LogP contribution in [-0.2, 0) is 14.4 Å². The van der Waals surface area contributed by atoms with Crippen LogP contribution in [0.5, 0.6) is 0 Å². The van der Waals surface area contributed by atoms with Crippen LogP contribution >= 0.6 is 11.8 Å². The Bertz CT molecular complexity index is 366. The van der Waals surface area contributed by atoms with Gasteiger partial charge in [0.25, 0.3) is 0 Å². The van der Waals surface area contributed by atoms with Gasteiger partial charge in [-0.25, -0.2) is 0 Å². The van der Waals surface area contributed by atoms with Gasteiger partial charge in [0.1, 0.15) is 18.4 Å². The number of carbonyl (C=O) groups excluding carboxylic acids is 3. The van der Waals surface area contributed by atoms with E-state index in [0.29, 0.717) is 11.0 Å². The van der Waals surface area contributed by atoms with E-state index in [2.05, 4.69) is 0 Å². The van der Waals surface area contributed by atoms with E-state index >= 15 is 0 Å². The fourth-order valence-electron chi connectivity index (χ4n) is 1.73. The minimum absolute atomic E-state index is 0.0335. The van der Waals surface area contributed by atoms with Crippen molar-refractivity contribution in [1.82, 2.24) is 0 Å². The molecule has 0 aliphatic carbocycles. The number of likely N-dealkylation sites (N-methyl/N-ethyl adjacent to an activating group) is 1. The van der Waals surface area contributed by atoms with Crippen molar-refractivity contribution in [3.05, 3.63) is 0 Å². The van der Waals surface area contributed by atoms with Crippen molar-refractivity contribution >= 4 is 28.6 Å². The number of quaternary nitrogens is 1. The van der Waals surface area contributed by atoms with Crippen molar-refractivity contribution in [3.63, 3.8) is 0 Å². The highest BCUT2D eigenvalue weighted by molar-refractivity contribution is 8.13. The molecule has 20 heavy (non-hydrogen) atoms. The smallest absolute Gasteiger partial charge is 0.221 e. The number of carbonyl (C=O) groups is 3. The maximum Gasteiger partial charge on any atom is 0.221 e. The Balaban J connectivity index is 4.20. The number of Topliss-reactive ketones (excluding diaryl/α,β-unsaturated/α-hetero) is 1. The highest BCUT2D eigenvalue weighted by Gasteiger charge is 2.22. The predicted molar refractivity (Wildman–Crippen MR) is 79.0 cm³/mol. The molecule has 0 saturated heterocycles. The van der Waals surface area contributed by atoms with Crippen molar-refractivity contribution < 1.29 is 24.0 Å². The minimum Gasteiger partial charge on any atom is -0.387 e. The number of ketones is 1. The van der Waals surface area contributed by atoms with E-state index in [-0.39, 0.29) is 29.5 Å². The first kappa shape index (κ1) is 19.1. The van der Waals surface area contributed by atoms with Crippen molar-refractivity contribution in [2.45, 2.75) is 25.9 Å². The van der Waals surface area contributed by atoms with Crippen LogP contribution in [0.15, 0.2) is 0 Å². The van der Waals surface area contributed by atoms with Crippen molar-refractivity contribution in [1.29, 1.82) is 0 Å². The topological polar surface area (TPSA) is 97.5 Å². The Hall–Kier alpha value is -0.920. The number of amides is 1. The molecule has 0 spiro atoms. The summed E-state index contributed by atoms with van der Waals surface area (Å²) in [5, 5.41) is 9.59. The fourth-order valence-corrected chi connectivity index (χ4v) is 2.71. The summed E-state index contributed by atoms with van der Waals surface area (Å²) in [7, 11) is 5.78. The van der Waals surface area contributed by atoms with Gasteiger partial charge in [0.2, 0.25) is 5.91 Å². The summed E-state index contributed by atoms with van der Waals surface area (Å²) in [6.45, 7) is 1.85. The molecule has 0 radical (unpaired) electrons. The van der Waals surface area contributed by atoms with E-state index in [9.17, 15) is 19.5 Å². The number of aliphatic hydroxyl groups excluding tert-OH is 1. The third kappa shape index (κ3) is 9.94. The molecule has 3 N–H and O–H groups in total. The first-order valence-corrected chi connectivity index (χ1v) is 7.42. The van der Waals surface area contributed by atoms with Crippen LogP contribution in [0, 0.1) is 5.92 Å². The first-order chi connectivity index (χ1) is 9.01. The Labute approximate surface area is 124 Å². The lowest BCUT2D eigenvalue weighted by Gasteiger charge is -2.26. The standard InChI is InChI=1S/C13H24N2O4S/c1-9(16)5-10(13(14)19)8-20-12(18)6-11(17)7-15(2,3)4/h10-11,17H,5-8H2,1-4H3,(H-,14,19)/p+1/t10?,11-/m1/s1. The maximum absolute atomic E-state index is 11.7. The summed E-state index contributed by atoms with van der Waals surface area (Å²) in [6.07, 6.45) is -0.627. The molecule has 0 rings (SSSR count). The molecule has 2 atom stereocenters. The largest absolute Gasteiger partial charge is 0.387 e. The number of nitrogens with two attached hydrogens (primary N) is 1. The zero-order valence-electron chi connectivity index (χ0n) is 12.6. The Morgan fingerprint density at radius 2 is 1.75 bits per heavy atom. The molecule has 0 aromatic rings. The summed E-state index contributed by atoms with van der Waals surface area (Å²) < 4.78 is 0.563. The van der Waals surface area contributed by atoms with Gasteiger partial charge >= 0.3 is 0 Å². The quantitative estimate of drug-likeness (QED) is 0.574. The summed E-state index contributed by atoms with van der Waals surface area (Å²) in [6, 6.07) is 0. The second-order valence-electron chi connectivity index (χ2n) is 6.02. The molecule has 6 nitrogen and oxygen atoms in total. The van der Waals surface area contributed by atoms with Crippen LogP contribution in [0.4, 0.5) is 0 Å². The molecular formula is C13H25N2O4S+. The van der Waals surface area contributed by atoms with Crippen LogP contribution in [0.3, 0.4) is 0 Å². The highest BCUT2D eigenvalue weighted by atomic mass is 32.2. The van der Waals surface area contributed by atoms with E-state index < -0.39 is 17.9 Å². The average Bonchev–Trinajstić information content (AvgIpc) is 2.20. The van der Waals surface area contributed by atoms with Crippen LogP contribution in [0.25, 0.3) is 0 Å². The fraction of sp³-hybridized carbons (Fsp3) is 0.769. The van der Waals surface area contributed by atoms with Gasteiger partial charge in [-0.1, -0.05) is 11.8 Å². The van der Waals surface area contributed by atoms with E-state index in [4.69, 9.17) is 5.73 Å². The number of hydrogen-bond donors (Lipinski definition) is 2. The molecule has 0 aliphatic rings. The molecule has 0 bridgehead atoms. The molecular weight excluding hydrogens is 280 g/mol. The van der Waals surface area contributed by atoms with Gasteiger partial charge in [-0.05, 0) is 6.92 Å². The van der Waals surface area contributed by atoms with Crippen LogP contribution in [0.1, 0.15) is 19.8 Å². The zero-order valence-corrected chi connectivity index (χ0v) is 13.4. The SMILES string of the molecule is CC(=O)CC(CSC(=O)C[C@@H](O)C[N+](C)(C)C)C(N)=O. The normalized spacial score (nSPS) is 14.7. The van der Waals surface area contributed by atoms with E-state index in [1.54, 1.807) is 0 Å². The summed E-state index contributed by atoms with van der Waals surface area (Å²) >= 11 is 0.950. The average molecular weight is 305 g/mol. The first-order valence-electron chi connectivity index (χ1n) is 6.44. The number of primary amides is 1. The molecule has 0 fully saturated rings. The third-order valence-corrected chi connectivity index (χ3v) is 3.60. The van der Waals surface area contributed by atoms with Gasteiger partial charge in [-0.2, -0.15) is 0 Å². The lowest BCUT2D eigenvalue weighted by atomic mass is 10.1. The van der Waals surface area contributed by atoms with Crippen LogP contribution in [-0.4, -0.2) is 65.9 Å². The summed E-state index contributed by atoms with van der Waals surface area (Å²) in [4.78, 5) is 33.9. The van der Waals surface area contributed by atoms with Crippen molar-refractivity contribution in [3.8, 4) is 0 Å². The molecule has 0 aliphatic heterocycles. The third-order valence-electron chi connectivity index (χ3n) is 2.54. The second-order valence-corrected chi connectivity index (χ2v) is 7.10. The van der Waals surface area contributed by atoms with Gasteiger partial charge in [0.05, 0.1) is 27.1 Å². The maximum atomic E-state index is 11.7. The highest BCUT2D eigenvalue weighted by Crippen LogP contribution is 2.16. The van der Waals surface area contributed by atoms with E-state index in [1.807, 2.05) is 21.1 Å². The number of hydrogen-bond acceptors (Lipinski definition) is 5. The summed E-state index contributed by atoms with van der Waals surface area (Å²) in [5.74, 6) is -1.15. The second kappa shape index (κ2) is 8.39. The lowest BCUT2D eigenvalue weighted by molar-refractivity contribution is -0.873. The number of rotatable bonds is 9. The van der Waals surface area contributed by atoms with Gasteiger partial charge in [-0.3, -0.25) is 9.59 Å². The number of aliphatic hydroxyl groups is 1. The molecule has 0 aromatic carbocycles. The van der Waals surface area contributed by atoms with Crippen molar-refractivity contribution in [2.75, 3.05) is 33.4 Å². The molecule has 0 saturated carbocycles. The van der Waals surface area contributed by atoms with Crippen molar-refractivity contribution in [2.24, 2.45) is 11.7 Å². The molecule has 1 unspecified atom stereocenters. The molecule has 0 aromatic heterocycles. The molecule has 116 valence electrons. The lowest BCUT2D eigenvalue weighted by Crippen LogP contribution is -2.41. The predicted octanol–water partition coefficient (Wildman–Crippen LogP) is -0.216. The number of thioether (sulfide) groups is 1. The monoisotopic (exact) mass is 305 g/mol. The molecule has 1 amide bonds. The molecule has 7 heteroatoms. The van der Waals surface area contributed by atoms with E-state index in [0.717, 1.165) is 11.8 Å². The minimum atomic E-state index is -0.713. The van der Waals surface area contributed by atoms with Gasteiger partial charge in [0.15, 0.2) is 5.12 Å². The summed E-state index contributed by atoms with van der Waals surface area (Å²) in [5.41, 5.74) is 5.19. The Kier molecular flexibility index (Phi) is 8.00. The van der Waals surface area contributed by atoms with Gasteiger partial charge in [0, 0.05) is 18.6 Å². The molecule has 0 heterocycles. The zero-order chi connectivity index (χ0) is 15.9. The van der Waals surface area contributed by atoms with Gasteiger partial charge in [-0.15, -0.1) is 0 Å². The Morgan fingerprint density at radius 3 is 2.15 bits per heavy atom. The van der Waals surface area contributed by atoms with E-state index in [1.165, 1.54) is 6.92 Å².